The summed E-state index contributed by atoms with van der Waals surface area (Å²) in [6.07, 6.45) is 0. The Bertz CT molecular complexity index is 403. The smallest absolute Gasteiger partial charge is 0.0937 e. The maximum absolute atomic E-state index is 2.35. The number of hydrogen-bond acceptors (Lipinski definition) is 2. The Morgan fingerprint density at radius 2 is 0.938 bits per heavy atom. The Balaban J connectivity index is 1.68. The standard InChI is InChI=1S/C14H14N2/c1-3-7-13(8-4-1)15-11-16(12-15)14-9-5-2-6-10-14/h1-10H,11-12H2. The van der Waals surface area contributed by atoms with Crippen LogP contribution < -0.4 is 9.80 Å². The van der Waals surface area contributed by atoms with Crippen LogP contribution >= 0.6 is 0 Å². The van der Waals surface area contributed by atoms with Gasteiger partial charge in [-0.3, -0.25) is 0 Å². The van der Waals surface area contributed by atoms with Crippen molar-refractivity contribution in [1.29, 1.82) is 0 Å². The first-order valence-corrected chi connectivity index (χ1v) is 5.53. The van der Waals surface area contributed by atoms with Gasteiger partial charge in [0.25, 0.3) is 0 Å². The highest BCUT2D eigenvalue weighted by atomic mass is 15.5. The van der Waals surface area contributed by atoms with Gasteiger partial charge in [0.1, 0.15) is 0 Å². The lowest BCUT2D eigenvalue weighted by Crippen LogP contribution is -2.55. The normalized spacial score (nSPS) is 14.8. The summed E-state index contributed by atoms with van der Waals surface area (Å²) < 4.78 is 0. The third-order valence-corrected chi connectivity index (χ3v) is 2.93. The fraction of sp³-hybridized carbons (Fsp3) is 0.143. The van der Waals surface area contributed by atoms with Crippen molar-refractivity contribution < 1.29 is 0 Å². The second-order valence-electron chi connectivity index (χ2n) is 4.03. The largest absolute Gasteiger partial charge is 0.336 e. The SMILES string of the molecule is c1ccc(N2CN(c3ccccc3)C2)cc1. The quantitative estimate of drug-likeness (QED) is 0.752. The van der Waals surface area contributed by atoms with Crippen molar-refractivity contribution in [3.8, 4) is 0 Å². The van der Waals surface area contributed by atoms with Crippen LogP contribution in [0.25, 0.3) is 0 Å². The summed E-state index contributed by atoms with van der Waals surface area (Å²) in [6, 6.07) is 21.1. The van der Waals surface area contributed by atoms with E-state index in [4.69, 9.17) is 0 Å². The van der Waals surface area contributed by atoms with Crippen LogP contribution in [0.15, 0.2) is 60.7 Å². The van der Waals surface area contributed by atoms with Crippen LogP contribution in [-0.2, 0) is 0 Å². The Kier molecular flexibility index (Phi) is 2.26. The molecule has 2 aromatic rings. The van der Waals surface area contributed by atoms with Gasteiger partial charge in [0.15, 0.2) is 0 Å². The van der Waals surface area contributed by atoms with E-state index >= 15 is 0 Å². The fourth-order valence-corrected chi connectivity index (χ4v) is 1.97. The molecule has 0 unspecified atom stereocenters. The first-order chi connectivity index (χ1) is 7.93. The molecule has 2 nitrogen and oxygen atoms in total. The minimum atomic E-state index is 0.980. The molecule has 0 N–H and O–H groups in total. The molecule has 0 amide bonds. The van der Waals surface area contributed by atoms with Gasteiger partial charge < -0.3 is 9.80 Å². The number of anilines is 2. The number of benzene rings is 2. The summed E-state index contributed by atoms with van der Waals surface area (Å²) in [5.41, 5.74) is 2.60. The Morgan fingerprint density at radius 1 is 0.562 bits per heavy atom. The molecule has 0 spiro atoms. The van der Waals surface area contributed by atoms with E-state index < -0.39 is 0 Å². The van der Waals surface area contributed by atoms with Gasteiger partial charge in [0, 0.05) is 11.4 Å². The van der Waals surface area contributed by atoms with Crippen molar-refractivity contribution in [1.82, 2.24) is 0 Å². The predicted octanol–water partition coefficient (Wildman–Crippen LogP) is 2.93. The van der Waals surface area contributed by atoms with Gasteiger partial charge in [-0.25, -0.2) is 0 Å². The average Bonchev–Trinajstić information content (AvgIpc) is 2.30. The molecule has 1 aliphatic heterocycles. The van der Waals surface area contributed by atoms with E-state index in [9.17, 15) is 0 Å². The second kappa shape index (κ2) is 3.89. The lowest BCUT2D eigenvalue weighted by atomic mass is 10.2. The van der Waals surface area contributed by atoms with Gasteiger partial charge in [0.2, 0.25) is 0 Å². The molecule has 1 heterocycles. The molecule has 16 heavy (non-hydrogen) atoms. The Hall–Kier alpha value is -1.96. The molecule has 2 heteroatoms. The summed E-state index contributed by atoms with van der Waals surface area (Å²) in [7, 11) is 0. The van der Waals surface area contributed by atoms with Gasteiger partial charge in [-0.05, 0) is 24.3 Å². The lowest BCUT2D eigenvalue weighted by molar-refractivity contribution is 0.611. The zero-order valence-electron chi connectivity index (χ0n) is 9.08. The second-order valence-corrected chi connectivity index (χ2v) is 4.03. The molecule has 0 saturated carbocycles. The molecule has 1 fully saturated rings. The van der Waals surface area contributed by atoms with Crippen molar-refractivity contribution >= 4 is 11.4 Å². The van der Waals surface area contributed by atoms with Crippen LogP contribution in [0, 0.1) is 0 Å². The van der Waals surface area contributed by atoms with Crippen molar-refractivity contribution in [2.24, 2.45) is 0 Å². The maximum Gasteiger partial charge on any atom is 0.0937 e. The third-order valence-electron chi connectivity index (χ3n) is 2.93. The van der Waals surface area contributed by atoms with Crippen molar-refractivity contribution in [3.63, 3.8) is 0 Å². The van der Waals surface area contributed by atoms with Crippen molar-refractivity contribution in [2.75, 3.05) is 23.1 Å². The van der Waals surface area contributed by atoms with Gasteiger partial charge >= 0.3 is 0 Å². The van der Waals surface area contributed by atoms with Crippen LogP contribution in [0.2, 0.25) is 0 Å². The van der Waals surface area contributed by atoms with E-state index in [1.165, 1.54) is 11.4 Å². The zero-order chi connectivity index (χ0) is 10.8. The van der Waals surface area contributed by atoms with Crippen molar-refractivity contribution in [2.45, 2.75) is 0 Å². The minimum absolute atomic E-state index is 0.980. The number of rotatable bonds is 2. The lowest BCUT2D eigenvalue weighted by Gasteiger charge is -2.45. The molecule has 1 saturated heterocycles. The van der Waals surface area contributed by atoms with E-state index in [0.717, 1.165) is 13.3 Å². The summed E-state index contributed by atoms with van der Waals surface area (Å²) in [5, 5.41) is 0. The average molecular weight is 210 g/mol. The third kappa shape index (κ3) is 1.63. The molecule has 0 bridgehead atoms. The molecule has 0 aliphatic carbocycles. The number of nitrogens with zero attached hydrogens (tertiary/aromatic N) is 2. The van der Waals surface area contributed by atoms with E-state index in [1.54, 1.807) is 0 Å². The Labute approximate surface area is 95.7 Å². The van der Waals surface area contributed by atoms with Crippen LogP contribution in [-0.4, -0.2) is 13.3 Å². The molecule has 80 valence electrons. The van der Waals surface area contributed by atoms with Crippen LogP contribution in [0.4, 0.5) is 11.4 Å². The summed E-state index contributed by atoms with van der Waals surface area (Å²) in [6.45, 7) is 1.96. The molecule has 0 atom stereocenters. The number of hydrogen-bond donors (Lipinski definition) is 0. The monoisotopic (exact) mass is 210 g/mol. The molecule has 2 aromatic carbocycles. The van der Waals surface area contributed by atoms with Gasteiger partial charge in [-0.1, -0.05) is 36.4 Å². The highest BCUT2D eigenvalue weighted by Gasteiger charge is 2.23. The van der Waals surface area contributed by atoms with Crippen LogP contribution in [0.1, 0.15) is 0 Å². The molecule has 0 radical (unpaired) electrons. The fourth-order valence-electron chi connectivity index (χ4n) is 1.97. The van der Waals surface area contributed by atoms with Gasteiger partial charge in [0.05, 0.1) is 13.3 Å². The molecular weight excluding hydrogens is 196 g/mol. The predicted molar refractivity (Wildman–Crippen MR) is 67.6 cm³/mol. The minimum Gasteiger partial charge on any atom is -0.336 e. The van der Waals surface area contributed by atoms with E-state index in [0.29, 0.717) is 0 Å². The topological polar surface area (TPSA) is 6.48 Å². The highest BCUT2D eigenvalue weighted by molar-refractivity contribution is 5.57. The summed E-state index contributed by atoms with van der Waals surface area (Å²) in [4.78, 5) is 4.71. The molecular formula is C14H14N2. The van der Waals surface area contributed by atoms with E-state index in [2.05, 4.69) is 70.5 Å². The Morgan fingerprint density at radius 3 is 1.31 bits per heavy atom. The summed E-state index contributed by atoms with van der Waals surface area (Å²) in [5.74, 6) is 0. The summed E-state index contributed by atoms with van der Waals surface area (Å²) >= 11 is 0. The molecule has 3 rings (SSSR count). The van der Waals surface area contributed by atoms with Crippen LogP contribution in [0.3, 0.4) is 0 Å². The van der Waals surface area contributed by atoms with Crippen molar-refractivity contribution in [3.05, 3.63) is 60.7 Å². The first-order valence-electron chi connectivity index (χ1n) is 5.53. The van der Waals surface area contributed by atoms with Crippen LogP contribution in [0.5, 0.6) is 0 Å². The van der Waals surface area contributed by atoms with E-state index in [1.807, 2.05) is 0 Å². The maximum atomic E-state index is 2.35. The number of para-hydroxylation sites is 2. The molecule has 0 aromatic heterocycles. The van der Waals surface area contributed by atoms with E-state index in [-0.39, 0.29) is 0 Å². The van der Waals surface area contributed by atoms with Gasteiger partial charge in [-0.15, -0.1) is 0 Å². The zero-order valence-corrected chi connectivity index (χ0v) is 9.08. The molecule has 1 aliphatic rings. The first kappa shape index (κ1) is 9.28. The van der Waals surface area contributed by atoms with Gasteiger partial charge in [-0.2, -0.15) is 0 Å². The highest BCUT2D eigenvalue weighted by Crippen LogP contribution is 2.25.